The van der Waals surface area contributed by atoms with Gasteiger partial charge in [-0.1, -0.05) is 0 Å². The van der Waals surface area contributed by atoms with E-state index in [1.807, 2.05) is 0 Å². The molecule has 0 bridgehead atoms. The van der Waals surface area contributed by atoms with Crippen LogP contribution in [-0.4, -0.2) is 32.3 Å². The third-order valence-electron chi connectivity index (χ3n) is 2.33. The van der Waals surface area contributed by atoms with Crippen LogP contribution >= 0.6 is 0 Å². The maximum Gasteiger partial charge on any atom is 0.339 e. The van der Waals surface area contributed by atoms with Gasteiger partial charge in [-0.15, -0.1) is 0 Å². The Bertz CT molecular complexity index is 628. The maximum atomic E-state index is 11.8. The van der Waals surface area contributed by atoms with Gasteiger partial charge in [0, 0.05) is 5.69 Å². The molecule has 19 heavy (non-hydrogen) atoms. The average molecular weight is 259 g/mol. The summed E-state index contributed by atoms with van der Waals surface area (Å²) in [7, 11) is 0. The number of aromatic nitrogens is 2. The average Bonchev–Trinajstić information content (AvgIpc) is 2.41. The number of hydrogen-bond donors (Lipinski definition) is 3. The van der Waals surface area contributed by atoms with Crippen molar-refractivity contribution >= 4 is 17.6 Å². The lowest BCUT2D eigenvalue weighted by atomic mass is 10.1. The molecule has 0 aliphatic carbocycles. The van der Waals surface area contributed by atoms with Crippen LogP contribution in [0.5, 0.6) is 5.75 Å². The second-order valence-electron chi connectivity index (χ2n) is 3.62. The molecule has 0 atom stereocenters. The lowest BCUT2D eigenvalue weighted by Gasteiger charge is -2.06. The van der Waals surface area contributed by atoms with Crippen LogP contribution in [0.4, 0.5) is 5.69 Å². The second-order valence-corrected chi connectivity index (χ2v) is 3.62. The molecule has 0 aliphatic rings. The predicted octanol–water partition coefficient (Wildman–Crippen LogP) is 1.13. The SMILES string of the molecule is O=C(Nc1ccc(O)c(C(=O)O)c1)c1ccnnc1. The Hall–Kier alpha value is -2.96. The third kappa shape index (κ3) is 2.83. The Balaban J connectivity index is 2.23. The largest absolute Gasteiger partial charge is 0.507 e. The van der Waals surface area contributed by atoms with Crippen molar-refractivity contribution in [3.05, 3.63) is 47.8 Å². The van der Waals surface area contributed by atoms with E-state index in [2.05, 4.69) is 15.5 Å². The van der Waals surface area contributed by atoms with Gasteiger partial charge in [-0.05, 0) is 24.3 Å². The molecule has 2 aromatic rings. The summed E-state index contributed by atoms with van der Waals surface area (Å²) < 4.78 is 0. The molecule has 0 radical (unpaired) electrons. The van der Waals surface area contributed by atoms with E-state index in [1.165, 1.54) is 36.7 Å². The number of aromatic hydroxyl groups is 1. The second kappa shape index (κ2) is 5.13. The van der Waals surface area contributed by atoms with Crippen molar-refractivity contribution in [3.8, 4) is 5.75 Å². The Morgan fingerprint density at radius 3 is 2.58 bits per heavy atom. The van der Waals surface area contributed by atoms with Crippen molar-refractivity contribution in [1.29, 1.82) is 0 Å². The first-order valence-electron chi connectivity index (χ1n) is 5.22. The lowest BCUT2D eigenvalue weighted by Crippen LogP contribution is -2.12. The number of carboxylic acid groups (broad SMARTS) is 1. The number of nitrogens with one attached hydrogen (secondary N) is 1. The highest BCUT2D eigenvalue weighted by Crippen LogP contribution is 2.21. The zero-order valence-corrected chi connectivity index (χ0v) is 9.57. The van der Waals surface area contributed by atoms with Crippen LogP contribution in [0.1, 0.15) is 20.7 Å². The van der Waals surface area contributed by atoms with E-state index in [-0.39, 0.29) is 17.0 Å². The molecule has 0 saturated carbocycles. The van der Waals surface area contributed by atoms with Crippen molar-refractivity contribution in [2.24, 2.45) is 0 Å². The van der Waals surface area contributed by atoms with Gasteiger partial charge in [0.15, 0.2) is 0 Å². The summed E-state index contributed by atoms with van der Waals surface area (Å²) in [6.45, 7) is 0. The molecule has 1 heterocycles. The zero-order chi connectivity index (χ0) is 13.8. The van der Waals surface area contributed by atoms with Gasteiger partial charge in [-0.25, -0.2) is 4.79 Å². The lowest BCUT2D eigenvalue weighted by molar-refractivity contribution is 0.0693. The fourth-order valence-electron chi connectivity index (χ4n) is 1.41. The van der Waals surface area contributed by atoms with Crippen LogP contribution in [0, 0.1) is 0 Å². The van der Waals surface area contributed by atoms with Crippen LogP contribution in [0.2, 0.25) is 0 Å². The van der Waals surface area contributed by atoms with Crippen LogP contribution in [-0.2, 0) is 0 Å². The predicted molar refractivity (Wildman–Crippen MR) is 65.1 cm³/mol. The van der Waals surface area contributed by atoms with Gasteiger partial charge in [0.05, 0.1) is 18.0 Å². The van der Waals surface area contributed by atoms with E-state index < -0.39 is 11.9 Å². The normalized spacial score (nSPS) is 9.89. The number of anilines is 1. The third-order valence-corrected chi connectivity index (χ3v) is 2.33. The molecule has 2 rings (SSSR count). The molecule has 1 aromatic heterocycles. The Morgan fingerprint density at radius 2 is 1.95 bits per heavy atom. The monoisotopic (exact) mass is 259 g/mol. The number of carbonyl (C=O) groups excluding carboxylic acids is 1. The molecule has 0 unspecified atom stereocenters. The standard InChI is InChI=1S/C12H9N3O4/c16-10-2-1-8(5-9(10)12(18)19)15-11(17)7-3-4-13-14-6-7/h1-6,16H,(H,15,17)(H,18,19). The van der Waals surface area contributed by atoms with Crippen LogP contribution in [0.25, 0.3) is 0 Å². The van der Waals surface area contributed by atoms with E-state index >= 15 is 0 Å². The molecule has 1 aromatic carbocycles. The number of hydrogen-bond acceptors (Lipinski definition) is 5. The highest BCUT2D eigenvalue weighted by atomic mass is 16.4. The van der Waals surface area contributed by atoms with Gasteiger partial charge in [-0.2, -0.15) is 10.2 Å². The first-order chi connectivity index (χ1) is 9.08. The topological polar surface area (TPSA) is 112 Å². The van der Waals surface area contributed by atoms with Crippen LogP contribution < -0.4 is 5.32 Å². The van der Waals surface area contributed by atoms with Gasteiger partial charge in [0.2, 0.25) is 0 Å². The van der Waals surface area contributed by atoms with Gasteiger partial charge < -0.3 is 15.5 Å². The van der Waals surface area contributed by atoms with Crippen molar-refractivity contribution in [3.63, 3.8) is 0 Å². The van der Waals surface area contributed by atoms with E-state index in [9.17, 15) is 14.7 Å². The number of aromatic carboxylic acids is 1. The summed E-state index contributed by atoms with van der Waals surface area (Å²) >= 11 is 0. The molecular weight excluding hydrogens is 250 g/mol. The molecule has 0 saturated heterocycles. The highest BCUT2D eigenvalue weighted by Gasteiger charge is 2.12. The van der Waals surface area contributed by atoms with Crippen LogP contribution in [0.3, 0.4) is 0 Å². The summed E-state index contributed by atoms with van der Waals surface area (Å²) in [5, 5.41) is 27.8. The van der Waals surface area contributed by atoms with Gasteiger partial charge in [0.1, 0.15) is 11.3 Å². The summed E-state index contributed by atoms with van der Waals surface area (Å²) in [5.74, 6) is -2.09. The van der Waals surface area contributed by atoms with E-state index in [0.717, 1.165) is 0 Å². The number of carboxylic acids is 1. The minimum Gasteiger partial charge on any atom is -0.507 e. The molecule has 96 valence electrons. The van der Waals surface area contributed by atoms with E-state index in [4.69, 9.17) is 5.11 Å². The first-order valence-corrected chi connectivity index (χ1v) is 5.22. The Kier molecular flexibility index (Phi) is 3.37. The fourth-order valence-corrected chi connectivity index (χ4v) is 1.41. The number of nitrogens with zero attached hydrogens (tertiary/aromatic N) is 2. The van der Waals surface area contributed by atoms with Crippen molar-refractivity contribution in [2.75, 3.05) is 5.32 Å². The van der Waals surface area contributed by atoms with Crippen molar-refractivity contribution in [2.45, 2.75) is 0 Å². The molecule has 7 nitrogen and oxygen atoms in total. The number of benzene rings is 1. The van der Waals surface area contributed by atoms with Crippen LogP contribution in [0.15, 0.2) is 36.7 Å². The summed E-state index contributed by atoms with van der Waals surface area (Å²) in [4.78, 5) is 22.6. The molecule has 0 fully saturated rings. The Labute approximate surface area is 107 Å². The molecule has 1 amide bonds. The molecule has 0 spiro atoms. The maximum absolute atomic E-state index is 11.8. The zero-order valence-electron chi connectivity index (χ0n) is 9.57. The molecule has 3 N–H and O–H groups in total. The molecule has 0 aliphatic heterocycles. The minimum absolute atomic E-state index is 0.261. The van der Waals surface area contributed by atoms with Gasteiger partial charge in [-0.3, -0.25) is 4.79 Å². The first kappa shape index (κ1) is 12.5. The molecular formula is C12H9N3O4. The van der Waals surface area contributed by atoms with Crippen molar-refractivity contribution in [1.82, 2.24) is 10.2 Å². The quantitative estimate of drug-likeness (QED) is 0.712. The number of amides is 1. The van der Waals surface area contributed by atoms with E-state index in [1.54, 1.807) is 0 Å². The van der Waals surface area contributed by atoms with E-state index in [0.29, 0.717) is 5.56 Å². The highest BCUT2D eigenvalue weighted by molar-refractivity contribution is 6.04. The van der Waals surface area contributed by atoms with Gasteiger partial charge >= 0.3 is 5.97 Å². The van der Waals surface area contributed by atoms with Gasteiger partial charge in [0.25, 0.3) is 5.91 Å². The minimum atomic E-state index is -1.28. The van der Waals surface area contributed by atoms with Crippen molar-refractivity contribution < 1.29 is 19.8 Å². The summed E-state index contributed by atoms with van der Waals surface area (Å²) in [6, 6.07) is 5.24. The number of rotatable bonds is 3. The number of carbonyl (C=O) groups is 2. The fraction of sp³-hybridized carbons (Fsp3) is 0. The number of phenols is 1. The molecule has 7 heteroatoms. The smallest absolute Gasteiger partial charge is 0.339 e. The Morgan fingerprint density at radius 1 is 1.16 bits per heavy atom. The summed E-state index contributed by atoms with van der Waals surface area (Å²) in [6.07, 6.45) is 2.66. The summed E-state index contributed by atoms with van der Waals surface area (Å²) in [5.41, 5.74) is 0.266.